The third kappa shape index (κ3) is 2.49. The van der Waals surface area contributed by atoms with Gasteiger partial charge < -0.3 is 9.84 Å². The van der Waals surface area contributed by atoms with Crippen LogP contribution in [0.4, 0.5) is 0 Å². The van der Waals surface area contributed by atoms with Crippen molar-refractivity contribution in [1.82, 2.24) is 0 Å². The van der Waals surface area contributed by atoms with Gasteiger partial charge in [0.25, 0.3) is 0 Å². The second kappa shape index (κ2) is 4.62. The molecule has 0 atom stereocenters. The van der Waals surface area contributed by atoms with E-state index < -0.39 is 0 Å². The summed E-state index contributed by atoms with van der Waals surface area (Å²) in [5.41, 5.74) is 2.88. The molecule has 1 aliphatic heterocycles. The lowest BCUT2D eigenvalue weighted by Gasteiger charge is -2.19. The smallest absolute Gasteiger partial charge is 0.311 e. The topological polar surface area (TPSA) is 46.5 Å². The fourth-order valence-electron chi connectivity index (χ4n) is 1.89. The first-order valence-corrected chi connectivity index (χ1v) is 5.75. The molecule has 0 spiro atoms. The highest BCUT2D eigenvalue weighted by atomic mass is 16.5. The Hall–Kier alpha value is -1.77. The molecule has 0 fully saturated rings. The van der Waals surface area contributed by atoms with Gasteiger partial charge in [-0.25, -0.2) is 0 Å². The fraction of sp³-hybridized carbons (Fsp3) is 0.357. The van der Waals surface area contributed by atoms with Crippen LogP contribution >= 0.6 is 0 Å². The van der Waals surface area contributed by atoms with Gasteiger partial charge in [0.05, 0.1) is 6.42 Å². The van der Waals surface area contributed by atoms with Gasteiger partial charge in [-0.2, -0.15) is 0 Å². The van der Waals surface area contributed by atoms with Crippen LogP contribution in [0.2, 0.25) is 0 Å². The lowest BCUT2D eigenvalue weighted by Crippen LogP contribution is -2.17. The van der Waals surface area contributed by atoms with Gasteiger partial charge >= 0.3 is 5.97 Å². The number of benzene rings is 1. The molecule has 3 nitrogen and oxygen atoms in total. The number of ether oxygens (including phenoxy) is 1. The molecule has 0 saturated carbocycles. The van der Waals surface area contributed by atoms with Gasteiger partial charge in [0.15, 0.2) is 0 Å². The minimum atomic E-state index is -0.221. The van der Waals surface area contributed by atoms with Gasteiger partial charge in [0.1, 0.15) is 11.5 Å². The Kier molecular flexibility index (Phi) is 3.18. The molecule has 0 unspecified atom stereocenters. The Balaban J connectivity index is 2.42. The van der Waals surface area contributed by atoms with Gasteiger partial charge in [0.2, 0.25) is 0 Å². The van der Waals surface area contributed by atoms with Gasteiger partial charge in [-0.05, 0) is 38.3 Å². The van der Waals surface area contributed by atoms with Crippen molar-refractivity contribution >= 4 is 5.97 Å². The molecule has 0 radical (unpaired) electrons. The molecule has 0 aromatic heterocycles. The molecule has 2 rings (SSSR count). The number of esters is 1. The largest absolute Gasteiger partial charge is 0.508 e. The van der Waals surface area contributed by atoms with Crippen LogP contribution < -0.4 is 4.74 Å². The molecule has 0 saturated heterocycles. The third-order valence-corrected chi connectivity index (χ3v) is 2.85. The lowest BCUT2D eigenvalue weighted by atomic mass is 9.99. The highest BCUT2D eigenvalue weighted by Gasteiger charge is 2.21. The van der Waals surface area contributed by atoms with E-state index >= 15 is 0 Å². The van der Waals surface area contributed by atoms with Crippen LogP contribution in [-0.4, -0.2) is 11.1 Å². The molecule has 90 valence electrons. The Morgan fingerprint density at radius 1 is 1.41 bits per heavy atom. The number of allylic oxidation sites excluding steroid dienone is 2. The first-order valence-electron chi connectivity index (χ1n) is 5.75. The van der Waals surface area contributed by atoms with Crippen molar-refractivity contribution in [1.29, 1.82) is 0 Å². The standard InChI is InChI=1S/C14H16O3/c1-9(2)3-6-11-12(15)7-4-10-5-8-13(16)17-14(10)11/h3-4,7,15H,5-6,8H2,1-2H3. The number of hydrogen-bond acceptors (Lipinski definition) is 3. The van der Waals surface area contributed by atoms with E-state index in [1.54, 1.807) is 6.07 Å². The number of aromatic hydroxyl groups is 1. The lowest BCUT2D eigenvalue weighted by molar-refractivity contribution is -0.135. The van der Waals surface area contributed by atoms with Crippen LogP contribution in [0.25, 0.3) is 0 Å². The molecule has 1 aromatic carbocycles. The van der Waals surface area contributed by atoms with Gasteiger partial charge in [-0.3, -0.25) is 4.79 Å². The maximum absolute atomic E-state index is 11.3. The quantitative estimate of drug-likeness (QED) is 0.484. The van der Waals surface area contributed by atoms with Crippen molar-refractivity contribution < 1.29 is 14.6 Å². The van der Waals surface area contributed by atoms with Gasteiger partial charge in [-0.1, -0.05) is 17.7 Å². The average molecular weight is 232 g/mol. The molecular formula is C14H16O3. The van der Waals surface area contributed by atoms with Crippen molar-refractivity contribution in [3.05, 3.63) is 34.9 Å². The van der Waals surface area contributed by atoms with Crippen LogP contribution in [-0.2, 0) is 17.6 Å². The Labute approximate surface area is 101 Å². The summed E-state index contributed by atoms with van der Waals surface area (Å²) in [5.74, 6) is 0.524. The van der Waals surface area contributed by atoms with Crippen molar-refractivity contribution in [2.24, 2.45) is 0 Å². The molecule has 1 aliphatic rings. The van der Waals surface area contributed by atoms with Crippen molar-refractivity contribution in [2.45, 2.75) is 33.1 Å². The van der Waals surface area contributed by atoms with Gasteiger partial charge in [0, 0.05) is 5.56 Å². The summed E-state index contributed by atoms with van der Waals surface area (Å²) < 4.78 is 5.25. The SMILES string of the molecule is CC(C)=CCc1c(O)ccc2c1OC(=O)CC2. The van der Waals surface area contributed by atoms with Crippen molar-refractivity contribution in [3.63, 3.8) is 0 Å². The summed E-state index contributed by atoms with van der Waals surface area (Å²) in [6.07, 6.45) is 3.71. The molecule has 0 aliphatic carbocycles. The van der Waals surface area contributed by atoms with E-state index in [1.807, 2.05) is 26.0 Å². The summed E-state index contributed by atoms with van der Waals surface area (Å²) in [7, 11) is 0. The minimum Gasteiger partial charge on any atom is -0.508 e. The summed E-state index contributed by atoms with van der Waals surface area (Å²) in [5, 5.41) is 9.85. The monoisotopic (exact) mass is 232 g/mol. The molecule has 1 aromatic rings. The molecular weight excluding hydrogens is 216 g/mol. The molecule has 0 amide bonds. The van der Waals surface area contributed by atoms with E-state index in [0.29, 0.717) is 30.6 Å². The number of carbonyl (C=O) groups excluding carboxylic acids is 1. The summed E-state index contributed by atoms with van der Waals surface area (Å²) in [6, 6.07) is 3.50. The number of carbonyl (C=O) groups is 1. The first-order chi connectivity index (χ1) is 8.08. The Morgan fingerprint density at radius 2 is 2.18 bits per heavy atom. The maximum Gasteiger partial charge on any atom is 0.311 e. The van der Waals surface area contributed by atoms with E-state index in [2.05, 4.69) is 0 Å². The van der Waals surface area contributed by atoms with Crippen molar-refractivity contribution in [3.8, 4) is 11.5 Å². The van der Waals surface area contributed by atoms with E-state index in [0.717, 1.165) is 5.56 Å². The normalized spacial score (nSPS) is 13.9. The van der Waals surface area contributed by atoms with Crippen LogP contribution in [0, 0.1) is 0 Å². The van der Waals surface area contributed by atoms with Crippen LogP contribution in [0.15, 0.2) is 23.8 Å². The molecule has 1 heterocycles. The summed E-state index contributed by atoms with van der Waals surface area (Å²) in [4.78, 5) is 11.3. The number of phenolic OH excluding ortho intramolecular Hbond substituents is 1. The summed E-state index contributed by atoms with van der Waals surface area (Å²) >= 11 is 0. The molecule has 1 N–H and O–H groups in total. The first kappa shape index (κ1) is 11.7. The zero-order valence-corrected chi connectivity index (χ0v) is 10.1. The zero-order chi connectivity index (χ0) is 12.4. The third-order valence-electron chi connectivity index (χ3n) is 2.85. The Morgan fingerprint density at radius 3 is 2.88 bits per heavy atom. The van der Waals surface area contributed by atoms with E-state index in [9.17, 15) is 9.90 Å². The van der Waals surface area contributed by atoms with Crippen LogP contribution in [0.1, 0.15) is 31.4 Å². The number of phenols is 1. The second-order valence-corrected chi connectivity index (χ2v) is 4.51. The zero-order valence-electron chi connectivity index (χ0n) is 10.1. The second-order valence-electron chi connectivity index (χ2n) is 4.51. The fourth-order valence-corrected chi connectivity index (χ4v) is 1.89. The van der Waals surface area contributed by atoms with Crippen LogP contribution in [0.5, 0.6) is 11.5 Å². The van der Waals surface area contributed by atoms with E-state index in [-0.39, 0.29) is 11.7 Å². The summed E-state index contributed by atoms with van der Waals surface area (Å²) in [6.45, 7) is 4.00. The van der Waals surface area contributed by atoms with Gasteiger partial charge in [-0.15, -0.1) is 0 Å². The number of hydrogen-bond donors (Lipinski definition) is 1. The number of rotatable bonds is 2. The highest BCUT2D eigenvalue weighted by molar-refractivity contribution is 5.76. The molecule has 0 bridgehead atoms. The number of fused-ring (bicyclic) bond motifs is 1. The average Bonchev–Trinajstić information content (AvgIpc) is 2.27. The highest BCUT2D eigenvalue weighted by Crippen LogP contribution is 2.35. The van der Waals surface area contributed by atoms with Crippen LogP contribution in [0.3, 0.4) is 0 Å². The van der Waals surface area contributed by atoms with E-state index in [4.69, 9.17) is 4.74 Å². The van der Waals surface area contributed by atoms with E-state index in [1.165, 1.54) is 5.57 Å². The Bertz CT molecular complexity index is 482. The number of aryl methyl sites for hydroxylation is 1. The predicted molar refractivity (Wildman–Crippen MR) is 65.2 cm³/mol. The maximum atomic E-state index is 11.3. The predicted octanol–water partition coefficient (Wildman–Crippen LogP) is 2.75. The molecule has 17 heavy (non-hydrogen) atoms. The minimum absolute atomic E-state index is 0.191. The molecule has 3 heteroatoms. The van der Waals surface area contributed by atoms with Crippen molar-refractivity contribution in [2.75, 3.05) is 0 Å².